The van der Waals surface area contributed by atoms with Gasteiger partial charge in [-0.25, -0.2) is 4.68 Å². The van der Waals surface area contributed by atoms with E-state index in [0.717, 1.165) is 19.5 Å². The van der Waals surface area contributed by atoms with Crippen LogP contribution in [0.3, 0.4) is 0 Å². The van der Waals surface area contributed by atoms with E-state index in [1.165, 1.54) is 10.9 Å². The number of rotatable bonds is 4. The molecular formula is C17H18N4O2. The van der Waals surface area contributed by atoms with Crippen LogP contribution in [-0.4, -0.2) is 33.4 Å². The van der Waals surface area contributed by atoms with Crippen molar-refractivity contribution >= 4 is 16.8 Å². The molecule has 1 aliphatic heterocycles. The summed E-state index contributed by atoms with van der Waals surface area (Å²) in [7, 11) is 0. The minimum absolute atomic E-state index is 0.135. The zero-order valence-corrected chi connectivity index (χ0v) is 12.7. The largest absolute Gasteiger partial charge is 0.477 e. The first-order valence-electron chi connectivity index (χ1n) is 7.83. The lowest BCUT2D eigenvalue weighted by atomic mass is 10.2. The Labute approximate surface area is 133 Å². The summed E-state index contributed by atoms with van der Waals surface area (Å²) >= 11 is 0. The number of amides is 1. The molecule has 23 heavy (non-hydrogen) atoms. The maximum atomic E-state index is 12.3. The summed E-state index contributed by atoms with van der Waals surface area (Å²) in [4.78, 5) is 12.3. The quantitative estimate of drug-likeness (QED) is 0.802. The van der Waals surface area contributed by atoms with Gasteiger partial charge in [-0.3, -0.25) is 4.79 Å². The summed E-state index contributed by atoms with van der Waals surface area (Å²) in [5.74, 6) is 0.449. The molecule has 0 unspecified atom stereocenters. The Hall–Kier alpha value is -2.76. The average molecular weight is 310 g/mol. The molecule has 0 spiro atoms. The number of fused-ring (bicyclic) bond motifs is 2. The van der Waals surface area contributed by atoms with Crippen molar-refractivity contribution in [1.29, 1.82) is 0 Å². The van der Waals surface area contributed by atoms with Crippen LogP contribution in [0.5, 0.6) is 5.88 Å². The van der Waals surface area contributed by atoms with Crippen molar-refractivity contribution in [2.75, 3.05) is 13.2 Å². The summed E-state index contributed by atoms with van der Waals surface area (Å²) in [5, 5.41) is 8.35. The lowest BCUT2D eigenvalue weighted by Gasteiger charge is -2.16. The van der Waals surface area contributed by atoms with Gasteiger partial charge in [0.25, 0.3) is 5.91 Å². The molecule has 0 bridgehead atoms. The SMILES string of the molecule is O=C(NCCn1ccc2ccccc21)c1cnn2c1OCCC2. The Morgan fingerprint density at radius 1 is 1.30 bits per heavy atom. The normalized spacial score (nSPS) is 13.6. The summed E-state index contributed by atoms with van der Waals surface area (Å²) in [6.07, 6.45) is 4.55. The van der Waals surface area contributed by atoms with E-state index in [-0.39, 0.29) is 5.91 Å². The van der Waals surface area contributed by atoms with Gasteiger partial charge in [0.05, 0.1) is 12.8 Å². The number of aryl methyl sites for hydroxylation is 1. The van der Waals surface area contributed by atoms with E-state index in [1.807, 2.05) is 18.3 Å². The van der Waals surface area contributed by atoms with Crippen molar-refractivity contribution in [3.8, 4) is 5.88 Å². The number of aromatic nitrogens is 3. The highest BCUT2D eigenvalue weighted by atomic mass is 16.5. The van der Waals surface area contributed by atoms with E-state index >= 15 is 0 Å². The Balaban J connectivity index is 1.41. The average Bonchev–Trinajstić information content (AvgIpc) is 3.19. The van der Waals surface area contributed by atoms with Crippen molar-refractivity contribution in [3.63, 3.8) is 0 Å². The third-order valence-electron chi connectivity index (χ3n) is 4.11. The second-order valence-corrected chi connectivity index (χ2v) is 5.61. The van der Waals surface area contributed by atoms with Gasteiger partial charge in [0.15, 0.2) is 0 Å². The predicted octanol–water partition coefficient (Wildman–Crippen LogP) is 2.05. The molecule has 0 aliphatic carbocycles. The van der Waals surface area contributed by atoms with E-state index in [4.69, 9.17) is 4.74 Å². The second-order valence-electron chi connectivity index (χ2n) is 5.61. The van der Waals surface area contributed by atoms with Gasteiger partial charge < -0.3 is 14.6 Å². The van der Waals surface area contributed by atoms with Gasteiger partial charge in [0.1, 0.15) is 5.56 Å². The number of hydrogen-bond donors (Lipinski definition) is 1. The third-order valence-corrected chi connectivity index (χ3v) is 4.11. The molecule has 1 amide bonds. The highest BCUT2D eigenvalue weighted by Crippen LogP contribution is 2.22. The van der Waals surface area contributed by atoms with Crippen LogP contribution >= 0.6 is 0 Å². The molecule has 0 saturated heterocycles. The smallest absolute Gasteiger partial charge is 0.258 e. The summed E-state index contributed by atoms with van der Waals surface area (Å²) in [5.41, 5.74) is 1.69. The molecule has 2 aromatic heterocycles. The van der Waals surface area contributed by atoms with Crippen molar-refractivity contribution in [3.05, 3.63) is 48.3 Å². The number of nitrogens with one attached hydrogen (secondary N) is 1. The van der Waals surface area contributed by atoms with Crippen LogP contribution in [-0.2, 0) is 13.1 Å². The number of carbonyl (C=O) groups is 1. The van der Waals surface area contributed by atoms with Crippen LogP contribution in [0.15, 0.2) is 42.7 Å². The fourth-order valence-electron chi connectivity index (χ4n) is 2.95. The molecule has 6 heteroatoms. The lowest BCUT2D eigenvalue weighted by molar-refractivity contribution is 0.0946. The first kappa shape index (κ1) is 13.9. The van der Waals surface area contributed by atoms with Gasteiger partial charge in [-0.15, -0.1) is 0 Å². The Morgan fingerprint density at radius 3 is 3.17 bits per heavy atom. The molecule has 0 atom stereocenters. The van der Waals surface area contributed by atoms with Crippen molar-refractivity contribution in [2.24, 2.45) is 0 Å². The number of benzene rings is 1. The van der Waals surface area contributed by atoms with E-state index in [0.29, 0.717) is 24.6 Å². The number of carbonyl (C=O) groups excluding carboxylic acids is 1. The van der Waals surface area contributed by atoms with Gasteiger partial charge in [0.2, 0.25) is 5.88 Å². The molecule has 0 fully saturated rings. The molecule has 1 aliphatic rings. The van der Waals surface area contributed by atoms with Gasteiger partial charge >= 0.3 is 0 Å². The molecule has 0 saturated carbocycles. The van der Waals surface area contributed by atoms with Crippen LogP contribution in [0.25, 0.3) is 10.9 Å². The highest BCUT2D eigenvalue weighted by Gasteiger charge is 2.21. The molecule has 1 aromatic carbocycles. The molecule has 1 N–H and O–H groups in total. The van der Waals surface area contributed by atoms with Gasteiger partial charge in [-0.2, -0.15) is 5.10 Å². The molecule has 3 heterocycles. The number of ether oxygens (including phenoxy) is 1. The number of nitrogens with zero attached hydrogens (tertiary/aromatic N) is 3. The van der Waals surface area contributed by atoms with Crippen molar-refractivity contribution in [2.45, 2.75) is 19.5 Å². The van der Waals surface area contributed by atoms with Crippen LogP contribution in [0.1, 0.15) is 16.8 Å². The Morgan fingerprint density at radius 2 is 2.22 bits per heavy atom. The summed E-state index contributed by atoms with van der Waals surface area (Å²) in [6, 6.07) is 10.3. The zero-order chi connectivity index (χ0) is 15.6. The van der Waals surface area contributed by atoms with E-state index < -0.39 is 0 Å². The fourth-order valence-corrected chi connectivity index (χ4v) is 2.95. The Bertz CT molecular complexity index is 849. The molecular weight excluding hydrogens is 292 g/mol. The monoisotopic (exact) mass is 310 g/mol. The fraction of sp³-hybridized carbons (Fsp3) is 0.294. The lowest BCUT2D eigenvalue weighted by Crippen LogP contribution is -2.28. The standard InChI is InChI=1S/C17H18N4O2/c22-16(14-12-19-21-8-3-11-23-17(14)21)18-7-10-20-9-6-13-4-1-2-5-15(13)20/h1-2,4-6,9,12H,3,7-8,10-11H2,(H,18,22). The maximum Gasteiger partial charge on any atom is 0.258 e. The molecule has 4 rings (SSSR count). The minimum atomic E-state index is -0.135. The van der Waals surface area contributed by atoms with Gasteiger partial charge in [0, 0.05) is 37.8 Å². The van der Waals surface area contributed by atoms with Crippen LogP contribution in [0.2, 0.25) is 0 Å². The topological polar surface area (TPSA) is 61.1 Å². The molecule has 3 aromatic rings. The Kier molecular flexibility index (Phi) is 3.49. The van der Waals surface area contributed by atoms with Crippen LogP contribution < -0.4 is 10.1 Å². The summed E-state index contributed by atoms with van der Waals surface area (Å²) in [6.45, 7) is 2.73. The first-order valence-corrected chi connectivity index (χ1v) is 7.83. The zero-order valence-electron chi connectivity index (χ0n) is 12.7. The van der Waals surface area contributed by atoms with E-state index in [9.17, 15) is 4.79 Å². The highest BCUT2D eigenvalue weighted by molar-refractivity contribution is 5.96. The van der Waals surface area contributed by atoms with Crippen molar-refractivity contribution in [1.82, 2.24) is 19.7 Å². The van der Waals surface area contributed by atoms with E-state index in [1.54, 1.807) is 10.9 Å². The molecule has 0 radical (unpaired) electrons. The number of para-hydroxylation sites is 1. The first-order chi connectivity index (χ1) is 11.3. The van der Waals surface area contributed by atoms with Gasteiger partial charge in [-0.1, -0.05) is 18.2 Å². The summed E-state index contributed by atoms with van der Waals surface area (Å²) < 4.78 is 9.45. The van der Waals surface area contributed by atoms with E-state index in [2.05, 4.69) is 33.2 Å². The van der Waals surface area contributed by atoms with Crippen LogP contribution in [0.4, 0.5) is 0 Å². The van der Waals surface area contributed by atoms with Gasteiger partial charge in [-0.05, 0) is 17.5 Å². The maximum absolute atomic E-state index is 12.3. The predicted molar refractivity (Wildman–Crippen MR) is 86.6 cm³/mol. The minimum Gasteiger partial charge on any atom is -0.477 e. The third kappa shape index (κ3) is 2.56. The second kappa shape index (κ2) is 5.79. The molecule has 6 nitrogen and oxygen atoms in total. The molecule has 118 valence electrons. The van der Waals surface area contributed by atoms with Crippen LogP contribution in [0, 0.1) is 0 Å². The van der Waals surface area contributed by atoms with Crippen molar-refractivity contribution < 1.29 is 9.53 Å². The number of hydrogen-bond acceptors (Lipinski definition) is 3.